The van der Waals surface area contributed by atoms with Gasteiger partial charge >= 0.3 is 5.97 Å². The molecule has 58 valence electrons. The SMILES string of the molecule is CCOC(=O)C1(O)CC1C. The van der Waals surface area contributed by atoms with E-state index in [9.17, 15) is 9.90 Å². The zero-order chi connectivity index (χ0) is 7.78. The Balaban J connectivity index is 2.43. The molecule has 1 N–H and O–H groups in total. The molecule has 2 unspecified atom stereocenters. The van der Waals surface area contributed by atoms with Gasteiger partial charge < -0.3 is 9.84 Å². The maximum Gasteiger partial charge on any atom is 0.338 e. The molecule has 1 rings (SSSR count). The van der Waals surface area contributed by atoms with Crippen LogP contribution in [0.15, 0.2) is 0 Å². The Morgan fingerprint density at radius 3 is 2.70 bits per heavy atom. The molecule has 3 heteroatoms. The van der Waals surface area contributed by atoms with Gasteiger partial charge in [-0.15, -0.1) is 0 Å². The summed E-state index contributed by atoms with van der Waals surface area (Å²) in [4.78, 5) is 10.9. The summed E-state index contributed by atoms with van der Waals surface area (Å²) in [6, 6.07) is 0. The van der Waals surface area contributed by atoms with Crippen LogP contribution in [0, 0.1) is 5.92 Å². The number of hydrogen-bond donors (Lipinski definition) is 1. The van der Waals surface area contributed by atoms with Crippen molar-refractivity contribution in [3.8, 4) is 0 Å². The van der Waals surface area contributed by atoms with Crippen molar-refractivity contribution in [2.24, 2.45) is 5.92 Å². The molecule has 0 heterocycles. The molecule has 0 aromatic rings. The van der Waals surface area contributed by atoms with E-state index in [0.29, 0.717) is 13.0 Å². The second kappa shape index (κ2) is 2.23. The van der Waals surface area contributed by atoms with E-state index in [0.717, 1.165) is 0 Å². The van der Waals surface area contributed by atoms with Crippen molar-refractivity contribution in [2.75, 3.05) is 6.61 Å². The van der Waals surface area contributed by atoms with E-state index in [2.05, 4.69) is 4.74 Å². The van der Waals surface area contributed by atoms with Crippen molar-refractivity contribution in [3.63, 3.8) is 0 Å². The van der Waals surface area contributed by atoms with E-state index in [4.69, 9.17) is 0 Å². The van der Waals surface area contributed by atoms with Crippen LogP contribution in [0.3, 0.4) is 0 Å². The molecular weight excluding hydrogens is 132 g/mol. The van der Waals surface area contributed by atoms with Gasteiger partial charge in [0.25, 0.3) is 0 Å². The Morgan fingerprint density at radius 1 is 1.90 bits per heavy atom. The standard InChI is InChI=1S/C7H12O3/c1-3-10-6(8)7(9)4-5(7)2/h5,9H,3-4H2,1-2H3. The molecule has 0 amide bonds. The lowest BCUT2D eigenvalue weighted by Gasteiger charge is -2.06. The third kappa shape index (κ3) is 1.01. The number of carbonyl (C=O) groups is 1. The molecule has 0 aliphatic heterocycles. The van der Waals surface area contributed by atoms with E-state index in [1.54, 1.807) is 6.92 Å². The first-order chi connectivity index (χ1) is 4.61. The summed E-state index contributed by atoms with van der Waals surface area (Å²) in [5.41, 5.74) is -1.14. The Bertz CT molecular complexity index is 155. The highest BCUT2D eigenvalue weighted by Crippen LogP contribution is 2.43. The van der Waals surface area contributed by atoms with Crippen molar-refractivity contribution in [1.82, 2.24) is 0 Å². The number of aliphatic hydroxyl groups is 1. The predicted molar refractivity (Wildman–Crippen MR) is 35.4 cm³/mol. The summed E-state index contributed by atoms with van der Waals surface area (Å²) in [5, 5.41) is 9.32. The lowest BCUT2D eigenvalue weighted by atomic mass is 10.3. The van der Waals surface area contributed by atoms with E-state index in [1.165, 1.54) is 0 Å². The van der Waals surface area contributed by atoms with Gasteiger partial charge in [-0.1, -0.05) is 6.92 Å². The van der Waals surface area contributed by atoms with Gasteiger partial charge in [0.1, 0.15) is 0 Å². The van der Waals surface area contributed by atoms with E-state index < -0.39 is 11.6 Å². The van der Waals surface area contributed by atoms with Crippen LogP contribution in [0.25, 0.3) is 0 Å². The van der Waals surface area contributed by atoms with E-state index in [1.807, 2.05) is 6.92 Å². The number of ether oxygens (including phenoxy) is 1. The molecule has 0 bridgehead atoms. The highest BCUT2D eigenvalue weighted by atomic mass is 16.5. The zero-order valence-electron chi connectivity index (χ0n) is 6.26. The average Bonchev–Trinajstić information content (AvgIpc) is 2.43. The predicted octanol–water partition coefficient (Wildman–Crippen LogP) is 0.320. The summed E-state index contributed by atoms with van der Waals surface area (Å²) in [7, 11) is 0. The minimum absolute atomic E-state index is 0.0755. The third-order valence-corrected chi connectivity index (χ3v) is 1.90. The fraction of sp³-hybridized carbons (Fsp3) is 0.857. The van der Waals surface area contributed by atoms with E-state index >= 15 is 0 Å². The molecule has 0 aromatic heterocycles. The van der Waals surface area contributed by atoms with Gasteiger partial charge in [0.05, 0.1) is 6.61 Å². The summed E-state index contributed by atoms with van der Waals surface area (Å²) in [6.07, 6.45) is 0.547. The van der Waals surface area contributed by atoms with Gasteiger partial charge in [-0.3, -0.25) is 0 Å². The van der Waals surface area contributed by atoms with Crippen LogP contribution in [0.5, 0.6) is 0 Å². The second-order valence-corrected chi connectivity index (χ2v) is 2.75. The Kier molecular flexibility index (Phi) is 1.68. The van der Waals surface area contributed by atoms with Crippen molar-refractivity contribution in [2.45, 2.75) is 25.9 Å². The molecule has 1 fully saturated rings. The van der Waals surface area contributed by atoms with Gasteiger partial charge in [0.2, 0.25) is 0 Å². The molecule has 1 saturated carbocycles. The molecule has 0 aromatic carbocycles. The maximum atomic E-state index is 10.9. The molecule has 0 saturated heterocycles. The number of esters is 1. The van der Waals surface area contributed by atoms with Gasteiger partial charge in [-0.25, -0.2) is 4.79 Å². The summed E-state index contributed by atoms with van der Waals surface area (Å²) in [5.74, 6) is -0.394. The van der Waals surface area contributed by atoms with Crippen LogP contribution >= 0.6 is 0 Å². The minimum atomic E-state index is -1.14. The van der Waals surface area contributed by atoms with Crippen molar-refractivity contribution < 1.29 is 14.6 Å². The van der Waals surface area contributed by atoms with Crippen LogP contribution in [0.1, 0.15) is 20.3 Å². The first-order valence-electron chi connectivity index (χ1n) is 3.51. The second-order valence-electron chi connectivity index (χ2n) is 2.75. The molecular formula is C7H12O3. The van der Waals surface area contributed by atoms with Crippen molar-refractivity contribution in [3.05, 3.63) is 0 Å². The molecule has 3 nitrogen and oxygen atoms in total. The lowest BCUT2D eigenvalue weighted by Crippen LogP contribution is -2.26. The van der Waals surface area contributed by atoms with Crippen LogP contribution in [0.2, 0.25) is 0 Å². The Labute approximate surface area is 60.0 Å². The number of carbonyl (C=O) groups excluding carboxylic acids is 1. The van der Waals surface area contributed by atoms with Crippen LogP contribution < -0.4 is 0 Å². The Hall–Kier alpha value is -0.570. The fourth-order valence-electron chi connectivity index (χ4n) is 0.948. The van der Waals surface area contributed by atoms with Gasteiger partial charge in [0.15, 0.2) is 5.60 Å². The smallest absolute Gasteiger partial charge is 0.338 e. The quantitative estimate of drug-likeness (QED) is 0.568. The lowest BCUT2D eigenvalue weighted by molar-refractivity contribution is -0.156. The largest absolute Gasteiger partial charge is 0.464 e. The monoisotopic (exact) mass is 144 g/mol. The highest BCUT2D eigenvalue weighted by Gasteiger charge is 2.57. The molecule has 10 heavy (non-hydrogen) atoms. The van der Waals surface area contributed by atoms with Crippen molar-refractivity contribution >= 4 is 5.97 Å². The van der Waals surface area contributed by atoms with Crippen LogP contribution in [-0.4, -0.2) is 23.3 Å². The summed E-state index contributed by atoms with van der Waals surface area (Å²) < 4.78 is 4.65. The molecule has 0 radical (unpaired) electrons. The normalized spacial score (nSPS) is 37.3. The number of hydrogen-bond acceptors (Lipinski definition) is 3. The summed E-state index contributed by atoms with van der Waals surface area (Å²) >= 11 is 0. The van der Waals surface area contributed by atoms with Gasteiger partial charge in [-0.2, -0.15) is 0 Å². The zero-order valence-corrected chi connectivity index (χ0v) is 6.26. The number of rotatable bonds is 2. The highest BCUT2D eigenvalue weighted by molar-refractivity contribution is 5.83. The van der Waals surface area contributed by atoms with Crippen molar-refractivity contribution in [1.29, 1.82) is 0 Å². The third-order valence-electron chi connectivity index (χ3n) is 1.90. The minimum Gasteiger partial charge on any atom is -0.464 e. The first kappa shape index (κ1) is 7.54. The maximum absolute atomic E-state index is 10.9. The van der Waals surface area contributed by atoms with E-state index in [-0.39, 0.29) is 5.92 Å². The Morgan fingerprint density at radius 2 is 2.40 bits per heavy atom. The topological polar surface area (TPSA) is 46.5 Å². The summed E-state index contributed by atoms with van der Waals surface area (Å²) in [6.45, 7) is 3.90. The molecule has 1 aliphatic rings. The van der Waals surface area contributed by atoms with Gasteiger partial charge in [0, 0.05) is 0 Å². The van der Waals surface area contributed by atoms with Crippen LogP contribution in [-0.2, 0) is 9.53 Å². The molecule has 1 aliphatic carbocycles. The molecule has 2 atom stereocenters. The average molecular weight is 144 g/mol. The fourth-order valence-corrected chi connectivity index (χ4v) is 0.948. The van der Waals surface area contributed by atoms with Gasteiger partial charge in [-0.05, 0) is 19.3 Å². The first-order valence-corrected chi connectivity index (χ1v) is 3.51. The van der Waals surface area contributed by atoms with Crippen LogP contribution in [0.4, 0.5) is 0 Å². The molecule has 0 spiro atoms.